The maximum atomic E-state index is 12.4. The molecule has 1 heterocycles. The Morgan fingerprint density at radius 3 is 2.89 bits per heavy atom. The molecule has 1 N–H and O–H groups in total. The number of aromatic hydroxyl groups is 1. The summed E-state index contributed by atoms with van der Waals surface area (Å²) < 4.78 is 5.02. The number of benzene rings is 1. The Hall–Kier alpha value is -1.42. The first-order valence-corrected chi connectivity index (χ1v) is 6.76. The zero-order valence-corrected chi connectivity index (χ0v) is 11.9. The van der Waals surface area contributed by atoms with E-state index in [0.717, 1.165) is 25.9 Å². The molecule has 1 aromatic rings. The van der Waals surface area contributed by atoms with Crippen LogP contribution in [0.25, 0.3) is 0 Å². The molecule has 0 radical (unpaired) electrons. The van der Waals surface area contributed by atoms with Gasteiger partial charge in [0.25, 0.3) is 5.91 Å². The molecular weight excluding hydrogens is 266 g/mol. The summed E-state index contributed by atoms with van der Waals surface area (Å²) in [6.45, 7) is 3.67. The fraction of sp³-hybridized carbons (Fsp3) is 0.500. The molecule has 1 fully saturated rings. The molecule has 0 unspecified atom stereocenters. The van der Waals surface area contributed by atoms with Crippen LogP contribution < -0.4 is 4.74 Å². The number of phenols is 1. The van der Waals surface area contributed by atoms with Crippen molar-refractivity contribution >= 4 is 17.5 Å². The molecule has 1 aromatic carbocycles. The Labute approximate surface area is 117 Å². The van der Waals surface area contributed by atoms with Crippen molar-refractivity contribution in [3.8, 4) is 11.5 Å². The molecule has 104 valence electrons. The van der Waals surface area contributed by atoms with Crippen molar-refractivity contribution in [2.24, 2.45) is 5.92 Å². The number of ether oxygens (including phenoxy) is 1. The normalized spacial score (nSPS) is 19.3. The summed E-state index contributed by atoms with van der Waals surface area (Å²) in [4.78, 5) is 14.2. The van der Waals surface area contributed by atoms with Crippen molar-refractivity contribution in [2.75, 3.05) is 20.2 Å². The van der Waals surface area contributed by atoms with E-state index in [1.807, 2.05) is 4.90 Å². The average molecular weight is 284 g/mol. The third-order valence-electron chi connectivity index (χ3n) is 3.44. The number of phenolic OH excluding ortho intramolecular Hbond substituents is 1. The lowest BCUT2D eigenvalue weighted by molar-refractivity contribution is 0.0682. The number of hydrogen-bond donors (Lipinski definition) is 1. The van der Waals surface area contributed by atoms with Crippen molar-refractivity contribution in [3.63, 3.8) is 0 Å². The second kappa shape index (κ2) is 5.70. The Morgan fingerprint density at radius 1 is 1.53 bits per heavy atom. The van der Waals surface area contributed by atoms with Gasteiger partial charge in [-0.2, -0.15) is 0 Å². The molecule has 2 rings (SSSR count). The lowest BCUT2D eigenvalue weighted by Crippen LogP contribution is -2.39. The van der Waals surface area contributed by atoms with Crippen molar-refractivity contribution in [2.45, 2.75) is 19.8 Å². The Bertz CT molecular complexity index is 490. The van der Waals surface area contributed by atoms with E-state index in [9.17, 15) is 9.90 Å². The largest absolute Gasteiger partial charge is 0.503 e. The monoisotopic (exact) mass is 283 g/mol. The van der Waals surface area contributed by atoms with Crippen LogP contribution in [0.4, 0.5) is 0 Å². The summed E-state index contributed by atoms with van der Waals surface area (Å²) in [6.07, 6.45) is 2.18. The Balaban J connectivity index is 2.26. The molecule has 1 atom stereocenters. The van der Waals surface area contributed by atoms with Crippen molar-refractivity contribution in [1.82, 2.24) is 4.90 Å². The van der Waals surface area contributed by atoms with Gasteiger partial charge in [0.05, 0.1) is 12.1 Å². The van der Waals surface area contributed by atoms with Crippen LogP contribution in [0, 0.1) is 5.92 Å². The van der Waals surface area contributed by atoms with E-state index >= 15 is 0 Å². The zero-order chi connectivity index (χ0) is 14.0. The summed E-state index contributed by atoms with van der Waals surface area (Å²) in [7, 11) is 1.43. The maximum Gasteiger partial charge on any atom is 0.254 e. The fourth-order valence-electron chi connectivity index (χ4n) is 2.41. The van der Waals surface area contributed by atoms with Crippen LogP contribution in [0.3, 0.4) is 0 Å². The number of amides is 1. The van der Waals surface area contributed by atoms with Gasteiger partial charge in [0, 0.05) is 18.7 Å². The van der Waals surface area contributed by atoms with E-state index in [2.05, 4.69) is 6.92 Å². The van der Waals surface area contributed by atoms with Gasteiger partial charge in [0.2, 0.25) is 0 Å². The van der Waals surface area contributed by atoms with E-state index in [-0.39, 0.29) is 22.4 Å². The number of carbonyl (C=O) groups is 1. The molecule has 5 heteroatoms. The molecule has 1 aliphatic rings. The van der Waals surface area contributed by atoms with Crippen molar-refractivity contribution in [1.29, 1.82) is 0 Å². The predicted octanol–water partition coefficient (Wildman–Crippen LogP) is 2.93. The maximum absolute atomic E-state index is 12.4. The molecule has 19 heavy (non-hydrogen) atoms. The highest BCUT2D eigenvalue weighted by atomic mass is 35.5. The van der Waals surface area contributed by atoms with Gasteiger partial charge < -0.3 is 14.7 Å². The van der Waals surface area contributed by atoms with Crippen LogP contribution in [0.15, 0.2) is 12.1 Å². The minimum atomic E-state index is -0.132. The fourth-order valence-corrected chi connectivity index (χ4v) is 2.62. The van der Waals surface area contributed by atoms with E-state index in [1.54, 1.807) is 0 Å². The van der Waals surface area contributed by atoms with Gasteiger partial charge >= 0.3 is 0 Å². The van der Waals surface area contributed by atoms with Gasteiger partial charge in [-0.05, 0) is 30.9 Å². The average Bonchev–Trinajstić information content (AvgIpc) is 2.41. The quantitative estimate of drug-likeness (QED) is 0.908. The molecule has 1 amide bonds. The van der Waals surface area contributed by atoms with E-state index in [4.69, 9.17) is 16.3 Å². The van der Waals surface area contributed by atoms with Crippen LogP contribution in [0.2, 0.25) is 5.02 Å². The van der Waals surface area contributed by atoms with Gasteiger partial charge in [-0.3, -0.25) is 4.79 Å². The Morgan fingerprint density at radius 2 is 2.26 bits per heavy atom. The number of methoxy groups -OCH3 is 1. The number of hydrogen-bond acceptors (Lipinski definition) is 3. The molecule has 0 saturated carbocycles. The van der Waals surface area contributed by atoms with Gasteiger partial charge in [0.15, 0.2) is 11.5 Å². The smallest absolute Gasteiger partial charge is 0.254 e. The second-order valence-corrected chi connectivity index (χ2v) is 5.41. The first-order valence-electron chi connectivity index (χ1n) is 6.38. The molecule has 0 spiro atoms. The molecule has 1 aliphatic heterocycles. The lowest BCUT2D eigenvalue weighted by atomic mass is 9.99. The predicted molar refractivity (Wildman–Crippen MR) is 74.0 cm³/mol. The first-order chi connectivity index (χ1) is 9.02. The SMILES string of the molecule is COc1cc(C(=O)N2CCC[C@H](C)C2)cc(Cl)c1O. The highest BCUT2D eigenvalue weighted by Gasteiger charge is 2.23. The van der Waals surface area contributed by atoms with Crippen molar-refractivity contribution in [3.05, 3.63) is 22.7 Å². The minimum absolute atomic E-state index is 0.0632. The number of likely N-dealkylation sites (tertiary alicyclic amines) is 1. The van der Waals surface area contributed by atoms with E-state index in [0.29, 0.717) is 11.5 Å². The van der Waals surface area contributed by atoms with Gasteiger partial charge in [-0.25, -0.2) is 0 Å². The van der Waals surface area contributed by atoms with E-state index in [1.165, 1.54) is 19.2 Å². The number of carbonyl (C=O) groups excluding carboxylic acids is 1. The third-order valence-corrected chi connectivity index (χ3v) is 3.73. The van der Waals surface area contributed by atoms with Gasteiger partial charge in [-0.15, -0.1) is 0 Å². The van der Waals surface area contributed by atoms with Crippen molar-refractivity contribution < 1.29 is 14.6 Å². The lowest BCUT2D eigenvalue weighted by Gasteiger charge is -2.31. The Kier molecular flexibility index (Phi) is 4.20. The molecule has 0 aliphatic carbocycles. The highest BCUT2D eigenvalue weighted by molar-refractivity contribution is 6.32. The van der Waals surface area contributed by atoms with Crippen LogP contribution >= 0.6 is 11.6 Å². The summed E-state index contributed by atoms with van der Waals surface area (Å²) in [5, 5.41) is 9.81. The molecule has 4 nitrogen and oxygen atoms in total. The topological polar surface area (TPSA) is 49.8 Å². The number of piperidine rings is 1. The molecule has 1 saturated heterocycles. The third kappa shape index (κ3) is 2.95. The van der Waals surface area contributed by atoms with Crippen LogP contribution in [0.1, 0.15) is 30.1 Å². The molecule has 0 bridgehead atoms. The number of rotatable bonds is 2. The van der Waals surface area contributed by atoms with Gasteiger partial charge in [0.1, 0.15) is 0 Å². The summed E-state index contributed by atoms with van der Waals surface area (Å²) >= 11 is 5.91. The van der Waals surface area contributed by atoms with Gasteiger partial charge in [-0.1, -0.05) is 18.5 Å². The summed E-state index contributed by atoms with van der Waals surface area (Å²) in [5.74, 6) is 0.549. The van der Waals surface area contributed by atoms with Crippen LogP contribution in [-0.4, -0.2) is 36.1 Å². The number of halogens is 1. The molecule has 0 aromatic heterocycles. The van der Waals surface area contributed by atoms with Crippen LogP contribution in [0.5, 0.6) is 11.5 Å². The molecular formula is C14H18ClNO3. The summed E-state index contributed by atoms with van der Waals surface area (Å²) in [6, 6.07) is 3.02. The first kappa shape index (κ1) is 14.0. The summed E-state index contributed by atoms with van der Waals surface area (Å²) in [5.41, 5.74) is 0.453. The zero-order valence-electron chi connectivity index (χ0n) is 11.1. The van der Waals surface area contributed by atoms with E-state index < -0.39 is 0 Å². The van der Waals surface area contributed by atoms with Crippen LogP contribution in [-0.2, 0) is 0 Å². The highest BCUT2D eigenvalue weighted by Crippen LogP contribution is 2.35. The standard InChI is InChI=1S/C14H18ClNO3/c1-9-4-3-5-16(8-9)14(18)10-6-11(15)13(17)12(7-10)19-2/h6-7,9,17H,3-5,8H2,1-2H3/t9-/m0/s1. The second-order valence-electron chi connectivity index (χ2n) is 5.01. The minimum Gasteiger partial charge on any atom is -0.503 e. The number of nitrogens with zero attached hydrogens (tertiary/aromatic N) is 1.